The van der Waals surface area contributed by atoms with Crippen LogP contribution in [-0.4, -0.2) is 67.0 Å². The van der Waals surface area contributed by atoms with Gasteiger partial charge in [-0.3, -0.25) is 9.48 Å². The molecule has 0 bridgehead atoms. The molecule has 2 N–H and O–H groups in total. The number of hydrogen-bond donors (Lipinski definition) is 2. The zero-order chi connectivity index (χ0) is 29.4. The molecule has 0 spiro atoms. The van der Waals surface area contributed by atoms with Crippen molar-refractivity contribution in [2.24, 2.45) is 5.41 Å². The van der Waals surface area contributed by atoms with Gasteiger partial charge >= 0.3 is 6.03 Å². The number of fused-ring (bicyclic) bond motifs is 1. The van der Waals surface area contributed by atoms with Gasteiger partial charge in [0, 0.05) is 41.7 Å². The quantitative estimate of drug-likeness (QED) is 0.313. The van der Waals surface area contributed by atoms with Crippen molar-refractivity contribution in [2.45, 2.75) is 44.4 Å². The van der Waals surface area contributed by atoms with Crippen molar-refractivity contribution >= 4 is 23.3 Å². The van der Waals surface area contributed by atoms with E-state index in [2.05, 4.69) is 26.6 Å². The van der Waals surface area contributed by atoms with Crippen molar-refractivity contribution in [2.75, 3.05) is 18.4 Å². The number of amides is 3. The fourth-order valence-corrected chi connectivity index (χ4v) is 5.16. The number of halogens is 3. The number of piperidine rings is 1. The molecule has 1 atom stereocenters. The Morgan fingerprint density at radius 1 is 1.02 bits per heavy atom. The van der Waals surface area contributed by atoms with Crippen LogP contribution < -0.4 is 10.6 Å². The van der Waals surface area contributed by atoms with E-state index in [-0.39, 0.29) is 17.6 Å². The zero-order valence-electron chi connectivity index (χ0n) is 22.3. The van der Waals surface area contributed by atoms with Gasteiger partial charge in [0.05, 0.1) is 36.4 Å². The van der Waals surface area contributed by atoms with Crippen LogP contribution in [0.1, 0.15) is 31.7 Å². The predicted molar refractivity (Wildman–Crippen MR) is 145 cm³/mol. The molecule has 3 amide bonds. The number of nitrogens with zero attached hydrogens (tertiary/aromatic N) is 7. The number of hydrogen-bond acceptors (Lipinski definition) is 6. The van der Waals surface area contributed by atoms with Gasteiger partial charge in [0.15, 0.2) is 5.65 Å². The minimum Gasteiger partial charge on any atom is -0.341 e. The monoisotopic (exact) mass is 577 g/mol. The first-order chi connectivity index (χ1) is 20.3. The van der Waals surface area contributed by atoms with E-state index in [1.54, 1.807) is 57.6 Å². The highest BCUT2D eigenvalue weighted by Crippen LogP contribution is 2.47. The molecule has 2 fully saturated rings. The van der Waals surface area contributed by atoms with Crippen LogP contribution in [0.4, 0.5) is 23.7 Å². The van der Waals surface area contributed by atoms with Gasteiger partial charge < -0.3 is 15.5 Å². The van der Waals surface area contributed by atoms with Gasteiger partial charge in [-0.2, -0.15) is 15.5 Å². The van der Waals surface area contributed by atoms with Crippen LogP contribution in [0.25, 0.3) is 28.0 Å². The summed E-state index contributed by atoms with van der Waals surface area (Å²) in [6.07, 6.45) is 3.74. The smallest absolute Gasteiger partial charge is 0.321 e. The van der Waals surface area contributed by atoms with Crippen LogP contribution >= 0.6 is 0 Å². The zero-order valence-corrected chi connectivity index (χ0v) is 22.3. The largest absolute Gasteiger partial charge is 0.341 e. The molecule has 1 aromatic carbocycles. The number of carbonyl (C=O) groups is 2. The third-order valence-corrected chi connectivity index (χ3v) is 7.70. The lowest BCUT2D eigenvalue weighted by molar-refractivity contribution is -0.136. The van der Waals surface area contributed by atoms with E-state index in [4.69, 9.17) is 0 Å². The number of nitriles is 1. The Morgan fingerprint density at radius 3 is 2.50 bits per heavy atom. The van der Waals surface area contributed by atoms with Crippen LogP contribution in [0.15, 0.2) is 55.1 Å². The number of benzene rings is 1. The Kier molecular flexibility index (Phi) is 7.01. The van der Waals surface area contributed by atoms with E-state index in [1.807, 2.05) is 16.9 Å². The fraction of sp³-hybridized carbons (Fsp3) is 0.357. The third kappa shape index (κ3) is 5.25. The van der Waals surface area contributed by atoms with Crippen molar-refractivity contribution in [3.63, 3.8) is 0 Å². The Morgan fingerprint density at radius 2 is 1.79 bits per heavy atom. The molecule has 1 saturated carbocycles. The predicted octanol–water partition coefficient (Wildman–Crippen LogP) is 4.41. The summed E-state index contributed by atoms with van der Waals surface area (Å²) in [6.45, 7) is 1.19. The van der Waals surface area contributed by atoms with Gasteiger partial charge in [-0.15, -0.1) is 0 Å². The van der Waals surface area contributed by atoms with Gasteiger partial charge in [-0.25, -0.2) is 27.5 Å². The molecular formula is C28H26F3N9O2. The van der Waals surface area contributed by atoms with Gasteiger partial charge in [0.1, 0.15) is 5.41 Å². The van der Waals surface area contributed by atoms with Crippen LogP contribution in [0.5, 0.6) is 0 Å². The summed E-state index contributed by atoms with van der Waals surface area (Å²) < 4.78 is 41.4. The number of urea groups is 1. The van der Waals surface area contributed by atoms with E-state index in [9.17, 15) is 28.0 Å². The minimum absolute atomic E-state index is 0.0451. The lowest BCUT2D eigenvalue weighted by Gasteiger charge is -2.33. The molecule has 0 radical (unpaired) electrons. The molecule has 1 unspecified atom stereocenters. The summed E-state index contributed by atoms with van der Waals surface area (Å²) in [7, 11) is 0. The maximum Gasteiger partial charge on any atom is 0.321 e. The molecule has 4 aromatic rings. The Hall–Kier alpha value is -4.93. The van der Waals surface area contributed by atoms with Crippen LogP contribution in [-0.2, 0) is 4.79 Å². The standard InChI is InChI=1S/C28H26F3N9O2/c29-24(30)25(31)37-27(42)36-20-3-1-2-17(10-20)22-14-33-23-11-18(12-35-40(22)23)19-13-34-39(15-19)21-4-8-38(9-5-21)26(41)28(16-32)6-7-28/h1-3,10-15,21,24-25H,4-9H2,(H2,36,37,42). The third-order valence-electron chi connectivity index (χ3n) is 7.70. The maximum atomic E-state index is 13.1. The minimum atomic E-state index is -3.33. The van der Waals surface area contributed by atoms with E-state index in [0.29, 0.717) is 42.8 Å². The van der Waals surface area contributed by atoms with E-state index in [1.165, 1.54) is 0 Å². The van der Waals surface area contributed by atoms with Gasteiger partial charge in [0.2, 0.25) is 12.2 Å². The van der Waals surface area contributed by atoms with Crippen molar-refractivity contribution in [3.05, 3.63) is 55.1 Å². The van der Waals surface area contributed by atoms with Gasteiger partial charge in [-0.05, 0) is 43.9 Å². The van der Waals surface area contributed by atoms with Crippen LogP contribution in [0.2, 0.25) is 0 Å². The first kappa shape index (κ1) is 27.3. The molecule has 2 aliphatic rings. The van der Waals surface area contributed by atoms with Gasteiger partial charge in [0.25, 0.3) is 6.43 Å². The topological polar surface area (TPSA) is 133 Å². The van der Waals surface area contributed by atoms with E-state index in [0.717, 1.165) is 24.0 Å². The highest BCUT2D eigenvalue weighted by Gasteiger charge is 2.52. The average molecular weight is 578 g/mol. The lowest BCUT2D eigenvalue weighted by Crippen LogP contribution is -2.42. The maximum absolute atomic E-state index is 13.1. The van der Waals surface area contributed by atoms with E-state index >= 15 is 0 Å². The molecule has 11 nitrogen and oxygen atoms in total. The van der Waals surface area contributed by atoms with Crippen LogP contribution in [0.3, 0.4) is 0 Å². The number of anilines is 1. The first-order valence-electron chi connectivity index (χ1n) is 13.5. The number of nitrogens with one attached hydrogen (secondary N) is 2. The number of alkyl halides is 3. The summed E-state index contributed by atoms with van der Waals surface area (Å²) in [4.78, 5) is 30.8. The Balaban J connectivity index is 1.13. The fourth-order valence-electron chi connectivity index (χ4n) is 5.16. The molecule has 216 valence electrons. The molecule has 4 heterocycles. The van der Waals surface area contributed by atoms with Crippen molar-refractivity contribution in [1.82, 2.24) is 34.6 Å². The second-order valence-corrected chi connectivity index (χ2v) is 10.5. The molecule has 6 rings (SSSR count). The summed E-state index contributed by atoms with van der Waals surface area (Å²) in [5.74, 6) is -0.0451. The highest BCUT2D eigenvalue weighted by atomic mass is 19.3. The molecule has 42 heavy (non-hydrogen) atoms. The van der Waals surface area contributed by atoms with Crippen LogP contribution in [0, 0.1) is 16.7 Å². The molecule has 14 heteroatoms. The summed E-state index contributed by atoms with van der Waals surface area (Å²) in [5.41, 5.74) is 3.00. The molecular weight excluding hydrogens is 551 g/mol. The van der Waals surface area contributed by atoms with E-state index < -0.39 is 24.2 Å². The first-order valence-corrected chi connectivity index (χ1v) is 13.5. The van der Waals surface area contributed by atoms with Crippen molar-refractivity contribution < 1.29 is 22.8 Å². The van der Waals surface area contributed by atoms with Gasteiger partial charge in [-0.1, -0.05) is 12.1 Å². The number of rotatable bonds is 7. The lowest BCUT2D eigenvalue weighted by atomic mass is 10.0. The number of carbonyl (C=O) groups excluding carboxylic acids is 2. The van der Waals surface area contributed by atoms with Crippen molar-refractivity contribution in [1.29, 1.82) is 5.26 Å². The number of likely N-dealkylation sites (tertiary alicyclic amines) is 1. The second-order valence-electron chi connectivity index (χ2n) is 10.5. The molecule has 1 aliphatic carbocycles. The molecule has 1 saturated heterocycles. The number of aromatic nitrogens is 5. The summed E-state index contributed by atoms with van der Waals surface area (Å²) in [5, 5.41) is 22.3. The summed E-state index contributed by atoms with van der Waals surface area (Å²) >= 11 is 0. The molecule has 3 aromatic heterocycles. The Labute approximate surface area is 237 Å². The number of imidazole rings is 1. The summed E-state index contributed by atoms with van der Waals surface area (Å²) in [6, 6.07) is 9.68. The Bertz CT molecular complexity index is 1680. The SMILES string of the molecule is N#CC1(C(=O)N2CCC(n3cc(-c4cnn5c(-c6cccc(NC(=O)NC(F)C(F)F)c6)cnc5c4)cn3)CC2)CC1. The second kappa shape index (κ2) is 10.8. The normalized spacial score (nSPS) is 17.2. The average Bonchev–Trinajstić information content (AvgIpc) is 3.43. The highest BCUT2D eigenvalue weighted by molar-refractivity contribution is 5.90. The van der Waals surface area contributed by atoms with Crippen molar-refractivity contribution in [3.8, 4) is 28.5 Å². The molecule has 1 aliphatic heterocycles.